The minimum Gasteiger partial charge on any atom is -0.356 e. The lowest BCUT2D eigenvalue weighted by molar-refractivity contribution is -0.120. The maximum atomic E-state index is 12.5. The Balaban J connectivity index is 1.80. The van der Waals surface area contributed by atoms with Crippen LogP contribution in [0.25, 0.3) is 0 Å². The number of carbonyl (C=O) groups excluding carboxylic acids is 1. The summed E-state index contributed by atoms with van der Waals surface area (Å²) in [7, 11) is 3.63. The van der Waals surface area contributed by atoms with Gasteiger partial charge >= 0.3 is 0 Å². The third-order valence-corrected chi connectivity index (χ3v) is 4.37. The lowest BCUT2D eigenvalue weighted by atomic mass is 9.90. The summed E-state index contributed by atoms with van der Waals surface area (Å²) in [4.78, 5) is 20.6. The van der Waals surface area contributed by atoms with Crippen LogP contribution in [-0.4, -0.2) is 59.8 Å². The number of piperazine rings is 1. The molecule has 1 aliphatic heterocycles. The van der Waals surface area contributed by atoms with Crippen LogP contribution in [0.3, 0.4) is 0 Å². The monoisotopic (exact) mass is 348 g/mol. The second-order valence-electron chi connectivity index (χ2n) is 7.83. The molecule has 0 spiro atoms. The van der Waals surface area contributed by atoms with E-state index in [1.165, 1.54) is 12.8 Å². The van der Waals surface area contributed by atoms with Gasteiger partial charge in [0.05, 0.1) is 11.9 Å². The summed E-state index contributed by atoms with van der Waals surface area (Å²) in [6.07, 6.45) is 7.13. The first-order valence-electron chi connectivity index (χ1n) is 9.05. The van der Waals surface area contributed by atoms with Crippen LogP contribution in [0, 0.1) is 5.41 Å². The van der Waals surface area contributed by atoms with Crippen LogP contribution in [0.4, 0.5) is 5.69 Å². The molecule has 25 heavy (non-hydrogen) atoms. The number of nitrogens with one attached hydrogen (secondary N) is 1. The molecule has 2 rings (SSSR count). The average Bonchev–Trinajstić information content (AvgIpc) is 2.96. The fourth-order valence-corrected chi connectivity index (χ4v) is 2.99. The van der Waals surface area contributed by atoms with Crippen LogP contribution in [0.5, 0.6) is 0 Å². The highest BCUT2D eigenvalue weighted by Gasteiger charge is 2.27. The van der Waals surface area contributed by atoms with Crippen LogP contribution >= 0.6 is 0 Å². The number of aryl methyl sites for hydroxylation is 1. The fraction of sp³-hybridized carbons (Fsp3) is 0.722. The Morgan fingerprint density at radius 1 is 1.32 bits per heavy atom. The zero-order valence-corrected chi connectivity index (χ0v) is 16.2. The zero-order chi connectivity index (χ0) is 18.4. The van der Waals surface area contributed by atoms with E-state index in [-0.39, 0.29) is 5.91 Å². The lowest BCUT2D eigenvalue weighted by Gasteiger charge is -2.35. The Morgan fingerprint density at radius 3 is 2.64 bits per heavy atom. The molecule has 7 heteroatoms. The first kappa shape index (κ1) is 19.3. The highest BCUT2D eigenvalue weighted by atomic mass is 16.2. The van der Waals surface area contributed by atoms with Crippen LogP contribution in [0.2, 0.25) is 0 Å². The molecule has 140 valence electrons. The van der Waals surface area contributed by atoms with Crippen molar-refractivity contribution < 1.29 is 4.79 Å². The Hall–Kier alpha value is -2.05. The second kappa shape index (κ2) is 8.36. The summed E-state index contributed by atoms with van der Waals surface area (Å²) in [5, 5.41) is 7.54. The minimum absolute atomic E-state index is 0.0786. The van der Waals surface area contributed by atoms with Crippen LogP contribution in [0.1, 0.15) is 40.0 Å². The van der Waals surface area contributed by atoms with E-state index < -0.39 is 0 Å². The summed E-state index contributed by atoms with van der Waals surface area (Å²) >= 11 is 0. The lowest BCUT2D eigenvalue weighted by Crippen LogP contribution is -2.55. The number of anilines is 1. The molecule has 2 heterocycles. The second-order valence-corrected chi connectivity index (χ2v) is 7.83. The van der Waals surface area contributed by atoms with Gasteiger partial charge in [-0.3, -0.25) is 14.5 Å². The molecule has 1 aromatic rings. The third kappa shape index (κ3) is 5.76. The number of amides is 1. The molecule has 7 nitrogen and oxygen atoms in total. The number of hydrogen-bond donors (Lipinski definition) is 1. The van der Waals surface area contributed by atoms with Gasteiger partial charge in [-0.15, -0.1) is 0 Å². The summed E-state index contributed by atoms with van der Waals surface area (Å²) < 4.78 is 1.72. The van der Waals surface area contributed by atoms with Gasteiger partial charge in [0.25, 0.3) is 0 Å². The average molecular weight is 348 g/mol. The normalized spacial score (nSPS) is 16.5. The SMILES string of the molecule is CN=C(NCCCCC(C)(C)C)N1CCN(c2cnn(C)c2)C(=O)C1. The highest BCUT2D eigenvalue weighted by molar-refractivity contribution is 5.98. The topological polar surface area (TPSA) is 65.8 Å². The van der Waals surface area contributed by atoms with Crippen molar-refractivity contribution in [2.45, 2.75) is 40.0 Å². The number of aliphatic imine (C=N–C) groups is 1. The minimum atomic E-state index is 0.0786. The van der Waals surface area contributed by atoms with E-state index in [1.54, 1.807) is 22.8 Å². The van der Waals surface area contributed by atoms with E-state index in [0.717, 1.165) is 31.2 Å². The van der Waals surface area contributed by atoms with Gasteiger partial charge in [-0.2, -0.15) is 5.10 Å². The third-order valence-electron chi connectivity index (χ3n) is 4.37. The van der Waals surface area contributed by atoms with Crippen molar-refractivity contribution in [3.63, 3.8) is 0 Å². The molecule has 0 aliphatic carbocycles. The Labute approximate surface area is 151 Å². The van der Waals surface area contributed by atoms with Crippen molar-refractivity contribution in [2.75, 3.05) is 38.1 Å². The fourth-order valence-electron chi connectivity index (χ4n) is 2.99. The molecule has 0 atom stereocenters. The number of unbranched alkanes of at least 4 members (excludes halogenated alkanes) is 1. The standard InChI is InChI=1S/C18H32N6O/c1-18(2,3)8-6-7-9-20-17(19-4)23-10-11-24(16(25)14-23)15-12-21-22(5)13-15/h12-13H,6-11,14H2,1-5H3,(H,19,20). The van der Waals surface area contributed by atoms with E-state index in [0.29, 0.717) is 18.5 Å². The number of nitrogens with zero attached hydrogens (tertiary/aromatic N) is 5. The molecule has 0 unspecified atom stereocenters. The molecule has 1 fully saturated rings. The van der Waals surface area contributed by atoms with Gasteiger partial charge < -0.3 is 15.1 Å². The first-order chi connectivity index (χ1) is 11.8. The molecular weight excluding hydrogens is 316 g/mol. The van der Waals surface area contributed by atoms with Gasteiger partial charge in [0.1, 0.15) is 6.54 Å². The van der Waals surface area contributed by atoms with Gasteiger partial charge in [0.15, 0.2) is 5.96 Å². The molecular formula is C18H32N6O. The smallest absolute Gasteiger partial charge is 0.246 e. The van der Waals surface area contributed by atoms with E-state index in [9.17, 15) is 4.79 Å². The van der Waals surface area contributed by atoms with Crippen LogP contribution in [0.15, 0.2) is 17.4 Å². The van der Waals surface area contributed by atoms with Crippen molar-refractivity contribution >= 4 is 17.6 Å². The van der Waals surface area contributed by atoms with Crippen LogP contribution in [-0.2, 0) is 11.8 Å². The maximum Gasteiger partial charge on any atom is 0.246 e. The number of carbonyl (C=O) groups is 1. The number of hydrogen-bond acceptors (Lipinski definition) is 3. The van der Waals surface area contributed by atoms with Gasteiger partial charge in [0, 0.05) is 39.9 Å². The maximum absolute atomic E-state index is 12.5. The number of rotatable bonds is 5. The van der Waals surface area contributed by atoms with E-state index in [1.807, 2.05) is 18.1 Å². The van der Waals surface area contributed by atoms with Gasteiger partial charge in [-0.25, -0.2) is 0 Å². The largest absolute Gasteiger partial charge is 0.356 e. The number of guanidine groups is 1. The van der Waals surface area contributed by atoms with E-state index in [4.69, 9.17) is 0 Å². The predicted octanol–water partition coefficient (Wildman–Crippen LogP) is 1.86. The predicted molar refractivity (Wildman–Crippen MR) is 102 cm³/mol. The Morgan fingerprint density at radius 2 is 2.08 bits per heavy atom. The highest BCUT2D eigenvalue weighted by Crippen LogP contribution is 2.21. The molecule has 0 saturated carbocycles. The van der Waals surface area contributed by atoms with Gasteiger partial charge in [-0.1, -0.05) is 27.2 Å². The molecule has 1 N–H and O–H groups in total. The van der Waals surface area contributed by atoms with E-state index in [2.05, 4.69) is 36.2 Å². The van der Waals surface area contributed by atoms with Crippen molar-refractivity contribution in [3.05, 3.63) is 12.4 Å². The summed E-state index contributed by atoms with van der Waals surface area (Å²) in [5.74, 6) is 0.893. The van der Waals surface area contributed by atoms with Gasteiger partial charge in [-0.05, 0) is 18.3 Å². The van der Waals surface area contributed by atoms with Crippen molar-refractivity contribution in [3.8, 4) is 0 Å². The van der Waals surface area contributed by atoms with Crippen molar-refractivity contribution in [1.29, 1.82) is 0 Å². The first-order valence-corrected chi connectivity index (χ1v) is 9.05. The molecule has 0 bridgehead atoms. The summed E-state index contributed by atoms with van der Waals surface area (Å²) in [6.45, 7) is 9.46. The van der Waals surface area contributed by atoms with Crippen LogP contribution < -0.4 is 10.2 Å². The van der Waals surface area contributed by atoms with Crippen molar-refractivity contribution in [2.24, 2.45) is 17.5 Å². The molecule has 0 radical (unpaired) electrons. The summed E-state index contributed by atoms with van der Waals surface area (Å²) in [5.41, 5.74) is 1.24. The quantitative estimate of drug-likeness (QED) is 0.501. The zero-order valence-electron chi connectivity index (χ0n) is 16.2. The van der Waals surface area contributed by atoms with Crippen molar-refractivity contribution in [1.82, 2.24) is 20.0 Å². The molecule has 1 aliphatic rings. The van der Waals surface area contributed by atoms with Gasteiger partial charge in [0.2, 0.25) is 5.91 Å². The number of aromatic nitrogens is 2. The molecule has 1 aromatic heterocycles. The van der Waals surface area contributed by atoms with E-state index >= 15 is 0 Å². The molecule has 0 aromatic carbocycles. The summed E-state index contributed by atoms with van der Waals surface area (Å²) in [6, 6.07) is 0. The molecule has 1 amide bonds. The Bertz CT molecular complexity index is 601. The molecule has 1 saturated heterocycles. The Kier molecular flexibility index (Phi) is 6.45.